The summed E-state index contributed by atoms with van der Waals surface area (Å²) in [6, 6.07) is 13.7. The van der Waals surface area contributed by atoms with E-state index in [1.807, 2.05) is 42.5 Å². The first-order valence-electron chi connectivity index (χ1n) is 5.06. The van der Waals surface area contributed by atoms with Crippen molar-refractivity contribution in [1.82, 2.24) is 0 Å². The molecular formula is C14H12O2. The van der Waals surface area contributed by atoms with Crippen molar-refractivity contribution in [3.63, 3.8) is 0 Å². The zero-order valence-corrected chi connectivity index (χ0v) is 8.81. The lowest BCUT2D eigenvalue weighted by molar-refractivity contribution is -0.135. The van der Waals surface area contributed by atoms with Crippen LogP contribution >= 0.6 is 0 Å². The number of rotatable bonds is 3. The van der Waals surface area contributed by atoms with Crippen LogP contribution in [0.5, 0.6) is 0 Å². The smallest absolute Gasteiger partial charge is 0.307 e. The van der Waals surface area contributed by atoms with E-state index in [1.54, 1.807) is 0 Å². The SMILES string of the molecule is C=C(CC(=O)O)c1cccc2ccccc12. The quantitative estimate of drug-likeness (QED) is 0.847. The predicted octanol–water partition coefficient (Wildman–Crippen LogP) is 3.33. The number of fused-ring (bicyclic) bond motifs is 1. The van der Waals surface area contributed by atoms with Gasteiger partial charge < -0.3 is 5.11 Å². The van der Waals surface area contributed by atoms with E-state index in [4.69, 9.17) is 5.11 Å². The maximum absolute atomic E-state index is 10.7. The van der Waals surface area contributed by atoms with Crippen molar-refractivity contribution in [2.24, 2.45) is 0 Å². The molecule has 2 aromatic carbocycles. The highest BCUT2D eigenvalue weighted by molar-refractivity contribution is 5.96. The molecule has 0 aliphatic carbocycles. The summed E-state index contributed by atoms with van der Waals surface area (Å²) in [6.45, 7) is 3.83. The van der Waals surface area contributed by atoms with Crippen LogP contribution in [0, 0.1) is 0 Å². The van der Waals surface area contributed by atoms with Crippen molar-refractivity contribution < 1.29 is 9.90 Å². The summed E-state index contributed by atoms with van der Waals surface area (Å²) in [4.78, 5) is 10.7. The Morgan fingerprint density at radius 2 is 1.81 bits per heavy atom. The third kappa shape index (κ3) is 1.96. The molecule has 0 heterocycles. The molecule has 0 atom stereocenters. The fourth-order valence-electron chi connectivity index (χ4n) is 1.81. The molecule has 2 heteroatoms. The molecule has 0 aliphatic rings. The van der Waals surface area contributed by atoms with E-state index >= 15 is 0 Å². The zero-order chi connectivity index (χ0) is 11.5. The summed E-state index contributed by atoms with van der Waals surface area (Å²) in [5.41, 5.74) is 1.56. The molecule has 0 saturated carbocycles. The summed E-state index contributed by atoms with van der Waals surface area (Å²) in [5.74, 6) is -0.849. The normalized spacial score (nSPS) is 10.2. The molecule has 0 unspecified atom stereocenters. The Kier molecular flexibility index (Phi) is 2.73. The third-order valence-corrected chi connectivity index (χ3v) is 2.54. The Labute approximate surface area is 93.8 Å². The van der Waals surface area contributed by atoms with E-state index < -0.39 is 5.97 Å². The summed E-state index contributed by atoms with van der Waals surface area (Å²) in [6.07, 6.45) is -0.0198. The molecule has 0 saturated heterocycles. The maximum atomic E-state index is 10.7. The Balaban J connectivity index is 2.52. The number of carbonyl (C=O) groups is 1. The first-order valence-corrected chi connectivity index (χ1v) is 5.06. The molecule has 0 fully saturated rings. The van der Waals surface area contributed by atoms with E-state index in [0.29, 0.717) is 5.57 Å². The van der Waals surface area contributed by atoms with E-state index in [2.05, 4.69) is 6.58 Å². The van der Waals surface area contributed by atoms with Gasteiger partial charge in [0, 0.05) is 0 Å². The molecule has 80 valence electrons. The monoisotopic (exact) mass is 212 g/mol. The Bertz CT molecular complexity index is 550. The molecule has 0 amide bonds. The summed E-state index contributed by atoms with van der Waals surface area (Å²) >= 11 is 0. The van der Waals surface area contributed by atoms with E-state index in [1.165, 1.54) is 0 Å². The van der Waals surface area contributed by atoms with Crippen LogP contribution in [0.3, 0.4) is 0 Å². The van der Waals surface area contributed by atoms with Gasteiger partial charge in [-0.1, -0.05) is 49.0 Å². The van der Waals surface area contributed by atoms with Gasteiger partial charge in [-0.2, -0.15) is 0 Å². The Hall–Kier alpha value is -2.09. The van der Waals surface area contributed by atoms with Crippen LogP contribution in [0.15, 0.2) is 49.0 Å². The second-order valence-corrected chi connectivity index (χ2v) is 3.70. The molecule has 1 N–H and O–H groups in total. The molecular weight excluding hydrogens is 200 g/mol. The molecule has 2 nitrogen and oxygen atoms in total. The van der Waals surface area contributed by atoms with Gasteiger partial charge in [0.25, 0.3) is 0 Å². The van der Waals surface area contributed by atoms with E-state index in [9.17, 15) is 4.79 Å². The molecule has 2 aromatic rings. The van der Waals surface area contributed by atoms with Crippen molar-refractivity contribution >= 4 is 22.3 Å². The lowest BCUT2D eigenvalue weighted by atomic mass is 9.97. The lowest BCUT2D eigenvalue weighted by Crippen LogP contribution is -1.96. The highest BCUT2D eigenvalue weighted by atomic mass is 16.4. The topological polar surface area (TPSA) is 37.3 Å². The molecule has 0 aliphatic heterocycles. The van der Waals surface area contributed by atoms with Crippen LogP contribution in [0.4, 0.5) is 0 Å². The third-order valence-electron chi connectivity index (χ3n) is 2.54. The summed E-state index contributed by atoms with van der Waals surface area (Å²) in [7, 11) is 0. The summed E-state index contributed by atoms with van der Waals surface area (Å²) < 4.78 is 0. The second-order valence-electron chi connectivity index (χ2n) is 3.70. The molecule has 16 heavy (non-hydrogen) atoms. The molecule has 0 bridgehead atoms. The number of carboxylic acids is 1. The highest BCUT2D eigenvalue weighted by Crippen LogP contribution is 2.25. The molecule has 0 radical (unpaired) electrons. The highest BCUT2D eigenvalue weighted by Gasteiger charge is 2.07. The van der Waals surface area contributed by atoms with Gasteiger partial charge in [-0.25, -0.2) is 0 Å². The van der Waals surface area contributed by atoms with Crippen LogP contribution in [0.1, 0.15) is 12.0 Å². The minimum atomic E-state index is -0.849. The van der Waals surface area contributed by atoms with Crippen LogP contribution < -0.4 is 0 Å². The number of benzene rings is 2. The lowest BCUT2D eigenvalue weighted by Gasteiger charge is -2.07. The fourth-order valence-corrected chi connectivity index (χ4v) is 1.81. The van der Waals surface area contributed by atoms with Gasteiger partial charge in [0.2, 0.25) is 0 Å². The number of carboxylic acid groups (broad SMARTS) is 1. The van der Waals surface area contributed by atoms with Crippen LogP contribution in [-0.2, 0) is 4.79 Å². The zero-order valence-electron chi connectivity index (χ0n) is 8.81. The molecule has 0 spiro atoms. The minimum Gasteiger partial charge on any atom is -0.481 e. The van der Waals surface area contributed by atoms with Crippen molar-refractivity contribution in [1.29, 1.82) is 0 Å². The van der Waals surface area contributed by atoms with E-state index in [-0.39, 0.29) is 6.42 Å². The van der Waals surface area contributed by atoms with Crippen LogP contribution in [-0.4, -0.2) is 11.1 Å². The van der Waals surface area contributed by atoms with Crippen molar-refractivity contribution in [2.45, 2.75) is 6.42 Å². The van der Waals surface area contributed by atoms with Gasteiger partial charge in [0.15, 0.2) is 0 Å². The average molecular weight is 212 g/mol. The Morgan fingerprint density at radius 3 is 2.56 bits per heavy atom. The Morgan fingerprint density at radius 1 is 1.12 bits per heavy atom. The number of hydrogen-bond donors (Lipinski definition) is 1. The van der Waals surface area contributed by atoms with Crippen molar-refractivity contribution in [3.05, 3.63) is 54.6 Å². The van der Waals surface area contributed by atoms with Crippen LogP contribution in [0.2, 0.25) is 0 Å². The van der Waals surface area contributed by atoms with Crippen molar-refractivity contribution in [3.8, 4) is 0 Å². The predicted molar refractivity (Wildman–Crippen MR) is 65.2 cm³/mol. The van der Waals surface area contributed by atoms with Gasteiger partial charge in [-0.15, -0.1) is 0 Å². The van der Waals surface area contributed by atoms with E-state index in [0.717, 1.165) is 16.3 Å². The fraction of sp³-hybridized carbons (Fsp3) is 0.0714. The second kappa shape index (κ2) is 4.19. The standard InChI is InChI=1S/C14H12O2/c1-10(9-14(15)16)12-8-4-6-11-5-2-3-7-13(11)12/h2-8H,1,9H2,(H,15,16). The maximum Gasteiger partial charge on any atom is 0.307 e. The van der Waals surface area contributed by atoms with Gasteiger partial charge in [-0.05, 0) is 21.9 Å². The minimum absolute atomic E-state index is 0.0198. The van der Waals surface area contributed by atoms with Gasteiger partial charge in [0.05, 0.1) is 6.42 Å². The first kappa shape index (κ1) is 10.4. The summed E-state index contributed by atoms with van der Waals surface area (Å²) in [5, 5.41) is 10.9. The first-order chi connectivity index (χ1) is 7.68. The van der Waals surface area contributed by atoms with Crippen LogP contribution in [0.25, 0.3) is 16.3 Å². The largest absolute Gasteiger partial charge is 0.481 e. The number of aliphatic carboxylic acids is 1. The molecule has 2 rings (SSSR count). The van der Waals surface area contributed by atoms with Gasteiger partial charge >= 0.3 is 5.97 Å². The molecule has 0 aromatic heterocycles. The van der Waals surface area contributed by atoms with Gasteiger partial charge in [0.1, 0.15) is 0 Å². The van der Waals surface area contributed by atoms with Crippen molar-refractivity contribution in [2.75, 3.05) is 0 Å². The average Bonchev–Trinajstić information content (AvgIpc) is 2.27. The van der Waals surface area contributed by atoms with Gasteiger partial charge in [-0.3, -0.25) is 4.79 Å². The number of hydrogen-bond acceptors (Lipinski definition) is 1.